The van der Waals surface area contributed by atoms with Gasteiger partial charge in [0.1, 0.15) is 12.1 Å². The van der Waals surface area contributed by atoms with Crippen LogP contribution in [0.4, 0.5) is 0 Å². The lowest BCUT2D eigenvalue weighted by molar-refractivity contribution is -0.120. The van der Waals surface area contributed by atoms with Crippen molar-refractivity contribution in [2.24, 2.45) is 10.4 Å². The molecule has 0 saturated carbocycles. The lowest BCUT2D eigenvalue weighted by atomic mass is 10.1. The first-order valence-corrected chi connectivity index (χ1v) is 2.82. The molecule has 0 amide bonds. The minimum absolute atomic E-state index is 0.537. The first-order valence-electron chi connectivity index (χ1n) is 2.82. The van der Waals surface area contributed by atoms with Crippen molar-refractivity contribution in [3.8, 4) is 0 Å². The number of nitrogens with zero attached hydrogens (tertiary/aromatic N) is 2. The standard InChI is InChI=1S/C5H8N2O3/c1-3(6-9)5(8)4(2)7-10/h3-4H,1-2H3. The summed E-state index contributed by atoms with van der Waals surface area (Å²) < 4.78 is 0. The minimum atomic E-state index is -0.965. The SMILES string of the molecule is CC(N=O)C(=O)C(C)N=O. The summed E-state index contributed by atoms with van der Waals surface area (Å²) in [6, 6.07) is -1.93. The molecule has 0 spiro atoms. The highest BCUT2D eigenvalue weighted by Crippen LogP contribution is 1.98. The van der Waals surface area contributed by atoms with Gasteiger partial charge in [0, 0.05) is 0 Å². The smallest absolute Gasteiger partial charge is 0.188 e. The molecule has 5 heteroatoms. The molecule has 0 N–H and O–H groups in total. The molecule has 0 radical (unpaired) electrons. The van der Waals surface area contributed by atoms with E-state index in [0.29, 0.717) is 0 Å². The second-order valence-corrected chi connectivity index (χ2v) is 1.97. The molecule has 0 aromatic heterocycles. The van der Waals surface area contributed by atoms with Crippen LogP contribution < -0.4 is 0 Å². The van der Waals surface area contributed by atoms with Crippen LogP contribution in [-0.4, -0.2) is 17.9 Å². The van der Waals surface area contributed by atoms with Crippen molar-refractivity contribution in [3.63, 3.8) is 0 Å². The Kier molecular flexibility index (Phi) is 3.38. The van der Waals surface area contributed by atoms with Crippen LogP contribution in [0.5, 0.6) is 0 Å². The highest BCUT2D eigenvalue weighted by Gasteiger charge is 2.20. The van der Waals surface area contributed by atoms with Gasteiger partial charge < -0.3 is 0 Å². The van der Waals surface area contributed by atoms with Gasteiger partial charge in [-0.15, -0.1) is 0 Å². The lowest BCUT2D eigenvalue weighted by Gasteiger charge is -2.00. The molecular formula is C5H8N2O3. The molecule has 10 heavy (non-hydrogen) atoms. The molecule has 0 heterocycles. The molecular weight excluding hydrogens is 136 g/mol. The fourth-order valence-electron chi connectivity index (χ4n) is 0.453. The predicted octanol–water partition coefficient (Wildman–Crippen LogP) is 0.865. The van der Waals surface area contributed by atoms with Gasteiger partial charge in [-0.05, 0) is 13.8 Å². The van der Waals surface area contributed by atoms with Gasteiger partial charge in [-0.2, -0.15) is 9.81 Å². The number of carbonyl (C=O) groups is 1. The zero-order valence-electron chi connectivity index (χ0n) is 5.77. The number of nitroso groups, excluding NO2 is 2. The average Bonchev–Trinajstić information content (AvgIpc) is 2.00. The van der Waals surface area contributed by atoms with Crippen LogP contribution in [0, 0.1) is 9.81 Å². The van der Waals surface area contributed by atoms with E-state index < -0.39 is 17.9 Å². The molecule has 0 aliphatic carbocycles. The van der Waals surface area contributed by atoms with Crippen molar-refractivity contribution in [2.75, 3.05) is 0 Å². The highest BCUT2D eigenvalue weighted by molar-refractivity contribution is 5.88. The number of hydrogen-bond donors (Lipinski definition) is 0. The summed E-state index contributed by atoms with van der Waals surface area (Å²) in [6.07, 6.45) is 0. The number of hydrogen-bond acceptors (Lipinski definition) is 5. The fourth-order valence-corrected chi connectivity index (χ4v) is 0.453. The van der Waals surface area contributed by atoms with Gasteiger partial charge in [0.15, 0.2) is 5.78 Å². The van der Waals surface area contributed by atoms with Gasteiger partial charge in [0.25, 0.3) is 0 Å². The van der Waals surface area contributed by atoms with Crippen LogP contribution in [0.15, 0.2) is 10.4 Å². The Morgan fingerprint density at radius 1 is 1.10 bits per heavy atom. The van der Waals surface area contributed by atoms with E-state index in [4.69, 9.17) is 0 Å². The second kappa shape index (κ2) is 3.81. The van der Waals surface area contributed by atoms with Crippen molar-refractivity contribution in [3.05, 3.63) is 9.81 Å². The molecule has 0 aliphatic heterocycles. The van der Waals surface area contributed by atoms with Gasteiger partial charge in [-0.3, -0.25) is 4.79 Å². The van der Waals surface area contributed by atoms with Crippen molar-refractivity contribution in [1.82, 2.24) is 0 Å². The zero-order valence-corrected chi connectivity index (χ0v) is 5.77. The molecule has 0 saturated heterocycles. The summed E-state index contributed by atoms with van der Waals surface area (Å²) >= 11 is 0. The first-order chi connectivity index (χ1) is 4.63. The Morgan fingerprint density at radius 2 is 1.40 bits per heavy atom. The fraction of sp³-hybridized carbons (Fsp3) is 0.800. The third-order valence-electron chi connectivity index (χ3n) is 1.14. The van der Waals surface area contributed by atoms with E-state index in [9.17, 15) is 14.6 Å². The molecule has 2 unspecified atom stereocenters. The van der Waals surface area contributed by atoms with E-state index in [1.807, 2.05) is 0 Å². The molecule has 2 atom stereocenters. The number of rotatable bonds is 4. The summed E-state index contributed by atoms with van der Waals surface area (Å²) in [5.41, 5.74) is 0. The maximum atomic E-state index is 10.7. The molecule has 0 aromatic rings. The molecule has 0 rings (SSSR count). The first kappa shape index (κ1) is 8.87. The van der Waals surface area contributed by atoms with Gasteiger partial charge >= 0.3 is 0 Å². The zero-order chi connectivity index (χ0) is 8.15. The maximum absolute atomic E-state index is 10.7. The summed E-state index contributed by atoms with van der Waals surface area (Å²) in [5.74, 6) is -0.537. The molecule has 5 nitrogen and oxygen atoms in total. The summed E-state index contributed by atoms with van der Waals surface area (Å²) in [7, 11) is 0. The second-order valence-electron chi connectivity index (χ2n) is 1.97. The van der Waals surface area contributed by atoms with Gasteiger partial charge in [-0.25, -0.2) is 0 Å². The van der Waals surface area contributed by atoms with Gasteiger partial charge in [0.2, 0.25) is 0 Å². The van der Waals surface area contributed by atoms with E-state index >= 15 is 0 Å². The summed E-state index contributed by atoms with van der Waals surface area (Å²) in [4.78, 5) is 30.2. The van der Waals surface area contributed by atoms with Crippen LogP contribution >= 0.6 is 0 Å². The van der Waals surface area contributed by atoms with E-state index in [2.05, 4.69) is 10.4 Å². The minimum Gasteiger partial charge on any atom is -0.295 e. The normalized spacial score (nSPS) is 15.4. The number of carbonyl (C=O) groups excluding carboxylic acids is 1. The van der Waals surface area contributed by atoms with Crippen LogP contribution in [0.1, 0.15) is 13.8 Å². The van der Waals surface area contributed by atoms with Crippen LogP contribution in [0.25, 0.3) is 0 Å². The third kappa shape index (κ3) is 2.00. The van der Waals surface area contributed by atoms with Gasteiger partial charge in [0.05, 0.1) is 0 Å². The Morgan fingerprint density at radius 3 is 1.60 bits per heavy atom. The van der Waals surface area contributed by atoms with Crippen molar-refractivity contribution >= 4 is 5.78 Å². The number of ketones is 1. The van der Waals surface area contributed by atoms with Crippen LogP contribution in [0.2, 0.25) is 0 Å². The summed E-state index contributed by atoms with van der Waals surface area (Å²) in [6.45, 7) is 2.66. The third-order valence-corrected chi connectivity index (χ3v) is 1.14. The topological polar surface area (TPSA) is 75.9 Å². The van der Waals surface area contributed by atoms with E-state index in [0.717, 1.165) is 0 Å². The Hall–Kier alpha value is -1.13. The number of Topliss-reactive ketones (excluding diaryl/α,β-unsaturated/α-hetero) is 1. The Labute approximate surface area is 57.8 Å². The molecule has 0 fully saturated rings. The maximum Gasteiger partial charge on any atom is 0.188 e. The van der Waals surface area contributed by atoms with Gasteiger partial charge in [-0.1, -0.05) is 10.4 Å². The highest BCUT2D eigenvalue weighted by atomic mass is 16.3. The van der Waals surface area contributed by atoms with E-state index in [1.54, 1.807) is 0 Å². The Balaban J connectivity index is 4.06. The quantitative estimate of drug-likeness (QED) is 0.549. The predicted molar refractivity (Wildman–Crippen MR) is 35.5 cm³/mol. The van der Waals surface area contributed by atoms with E-state index in [-0.39, 0.29) is 0 Å². The largest absolute Gasteiger partial charge is 0.295 e. The van der Waals surface area contributed by atoms with Crippen molar-refractivity contribution in [2.45, 2.75) is 25.9 Å². The molecule has 0 aliphatic rings. The van der Waals surface area contributed by atoms with Crippen molar-refractivity contribution in [1.29, 1.82) is 0 Å². The van der Waals surface area contributed by atoms with Crippen LogP contribution in [0.3, 0.4) is 0 Å². The van der Waals surface area contributed by atoms with Crippen molar-refractivity contribution < 1.29 is 4.79 Å². The molecule has 56 valence electrons. The monoisotopic (exact) mass is 144 g/mol. The molecule has 0 bridgehead atoms. The van der Waals surface area contributed by atoms with E-state index in [1.165, 1.54) is 13.8 Å². The Bertz CT molecular complexity index is 141. The summed E-state index contributed by atoms with van der Waals surface area (Å²) in [5, 5.41) is 4.92. The molecule has 0 aromatic carbocycles. The van der Waals surface area contributed by atoms with Crippen LogP contribution in [-0.2, 0) is 4.79 Å². The average molecular weight is 144 g/mol. The lowest BCUT2D eigenvalue weighted by Crippen LogP contribution is -2.24.